The van der Waals surface area contributed by atoms with E-state index >= 15 is 0 Å². The first-order valence-corrected chi connectivity index (χ1v) is 9.20. The van der Waals surface area contributed by atoms with Gasteiger partial charge in [0.25, 0.3) is 5.91 Å². The monoisotopic (exact) mass is 337 g/mol. The van der Waals surface area contributed by atoms with Gasteiger partial charge in [-0.2, -0.15) is 0 Å². The minimum absolute atomic E-state index is 0.0368. The number of halogens is 1. The third-order valence-electron chi connectivity index (χ3n) is 4.22. The summed E-state index contributed by atoms with van der Waals surface area (Å²) in [6.07, 6.45) is 11.4. The lowest BCUT2D eigenvalue weighted by molar-refractivity contribution is 0.0934. The maximum Gasteiger partial charge on any atom is 0.254 e. The second kappa shape index (κ2) is 7.38. The molecule has 1 N–H and O–H groups in total. The molecule has 2 aromatic heterocycles. The van der Waals surface area contributed by atoms with E-state index in [1.807, 2.05) is 5.38 Å². The summed E-state index contributed by atoms with van der Waals surface area (Å²) in [5.74, 6) is -0.0368. The molecule has 22 heavy (non-hydrogen) atoms. The van der Waals surface area contributed by atoms with Crippen molar-refractivity contribution in [2.45, 2.75) is 57.4 Å². The summed E-state index contributed by atoms with van der Waals surface area (Å²) in [7, 11) is 0. The van der Waals surface area contributed by atoms with Gasteiger partial charge in [0.05, 0.1) is 15.8 Å². The Hall–Kier alpha value is -1.20. The zero-order chi connectivity index (χ0) is 15.4. The molecule has 1 amide bonds. The van der Waals surface area contributed by atoms with Gasteiger partial charge in [-0.1, -0.05) is 38.5 Å². The summed E-state index contributed by atoms with van der Waals surface area (Å²) in [5.41, 5.74) is 1.27. The SMILES string of the molecule is O=C(NC1CCCCCCCC1)c1csc2cnc(Cl)nc12. The Balaban J connectivity index is 1.73. The molecular weight excluding hydrogens is 318 g/mol. The normalized spacial score (nSPS) is 17.7. The number of hydrogen-bond acceptors (Lipinski definition) is 4. The van der Waals surface area contributed by atoms with Crippen LogP contribution in [0, 0.1) is 0 Å². The largest absolute Gasteiger partial charge is 0.349 e. The highest BCUT2D eigenvalue weighted by Gasteiger charge is 2.18. The van der Waals surface area contributed by atoms with E-state index in [1.165, 1.54) is 49.9 Å². The highest BCUT2D eigenvalue weighted by molar-refractivity contribution is 7.17. The lowest BCUT2D eigenvalue weighted by atomic mass is 10.0. The number of aromatic nitrogens is 2. The Morgan fingerprint density at radius 3 is 2.59 bits per heavy atom. The number of carbonyl (C=O) groups excluding carboxylic acids is 1. The first-order valence-electron chi connectivity index (χ1n) is 7.94. The lowest BCUT2D eigenvalue weighted by Gasteiger charge is -2.17. The standard InChI is InChI=1S/C16H20ClN3OS/c17-16-18-9-13-14(20-16)12(10-22-13)15(21)19-11-7-5-3-1-2-4-6-8-11/h9-11H,1-8H2,(H,19,21). The summed E-state index contributed by atoms with van der Waals surface area (Å²) >= 11 is 7.33. The van der Waals surface area contributed by atoms with Gasteiger partial charge in [-0.25, -0.2) is 9.97 Å². The van der Waals surface area contributed by atoms with Crippen molar-refractivity contribution in [3.63, 3.8) is 0 Å². The maximum atomic E-state index is 12.6. The topological polar surface area (TPSA) is 54.9 Å². The van der Waals surface area contributed by atoms with Crippen molar-refractivity contribution in [2.75, 3.05) is 0 Å². The van der Waals surface area contributed by atoms with Gasteiger partial charge in [0.2, 0.25) is 5.28 Å². The molecular formula is C16H20ClN3OS. The Morgan fingerprint density at radius 1 is 1.18 bits per heavy atom. The molecule has 118 valence electrons. The van der Waals surface area contributed by atoms with Crippen LogP contribution in [0.25, 0.3) is 10.2 Å². The number of rotatable bonds is 2. The van der Waals surface area contributed by atoms with Crippen LogP contribution in [0.15, 0.2) is 11.6 Å². The summed E-state index contributed by atoms with van der Waals surface area (Å²) in [5, 5.41) is 5.22. The number of nitrogens with one attached hydrogen (secondary N) is 1. The van der Waals surface area contributed by atoms with Crippen LogP contribution in [-0.2, 0) is 0 Å². The second-order valence-corrected chi connectivity index (χ2v) is 7.12. The highest BCUT2D eigenvalue weighted by Crippen LogP contribution is 2.25. The van der Waals surface area contributed by atoms with E-state index in [9.17, 15) is 4.79 Å². The zero-order valence-corrected chi connectivity index (χ0v) is 14.1. The van der Waals surface area contributed by atoms with E-state index in [0.717, 1.165) is 17.5 Å². The van der Waals surface area contributed by atoms with Crippen LogP contribution in [0.2, 0.25) is 5.28 Å². The summed E-state index contributed by atoms with van der Waals surface area (Å²) in [6.45, 7) is 0. The molecule has 0 bridgehead atoms. The predicted molar refractivity (Wildman–Crippen MR) is 90.6 cm³/mol. The Morgan fingerprint density at radius 2 is 1.86 bits per heavy atom. The van der Waals surface area contributed by atoms with Gasteiger partial charge in [-0.05, 0) is 24.4 Å². The Labute approximate surface area is 139 Å². The molecule has 0 radical (unpaired) electrons. The van der Waals surface area contributed by atoms with Gasteiger partial charge < -0.3 is 5.32 Å². The quantitative estimate of drug-likeness (QED) is 0.816. The fraction of sp³-hybridized carbons (Fsp3) is 0.562. The molecule has 1 aliphatic carbocycles. The van der Waals surface area contributed by atoms with E-state index in [0.29, 0.717) is 11.1 Å². The van der Waals surface area contributed by atoms with E-state index in [1.54, 1.807) is 6.20 Å². The third kappa shape index (κ3) is 3.76. The van der Waals surface area contributed by atoms with Crippen LogP contribution in [0.3, 0.4) is 0 Å². The molecule has 2 aromatic rings. The van der Waals surface area contributed by atoms with E-state index in [2.05, 4.69) is 15.3 Å². The number of hydrogen-bond donors (Lipinski definition) is 1. The highest BCUT2D eigenvalue weighted by atomic mass is 35.5. The molecule has 0 aromatic carbocycles. The van der Waals surface area contributed by atoms with Crippen molar-refractivity contribution in [1.82, 2.24) is 15.3 Å². The van der Waals surface area contributed by atoms with Crippen molar-refractivity contribution in [3.8, 4) is 0 Å². The summed E-state index contributed by atoms with van der Waals surface area (Å²) in [6, 6.07) is 0.276. The average Bonchev–Trinajstić information content (AvgIpc) is 2.96. The van der Waals surface area contributed by atoms with Gasteiger partial charge in [0.1, 0.15) is 0 Å². The smallest absolute Gasteiger partial charge is 0.254 e. The van der Waals surface area contributed by atoms with Crippen LogP contribution in [0.5, 0.6) is 0 Å². The Bertz CT molecular complexity index is 648. The molecule has 0 saturated heterocycles. The van der Waals surface area contributed by atoms with Crippen molar-refractivity contribution in [3.05, 3.63) is 22.4 Å². The van der Waals surface area contributed by atoms with Gasteiger partial charge >= 0.3 is 0 Å². The molecule has 6 heteroatoms. The van der Waals surface area contributed by atoms with E-state index in [-0.39, 0.29) is 17.2 Å². The van der Waals surface area contributed by atoms with Gasteiger partial charge in [0.15, 0.2) is 0 Å². The molecule has 0 unspecified atom stereocenters. The average molecular weight is 338 g/mol. The van der Waals surface area contributed by atoms with Crippen LogP contribution in [-0.4, -0.2) is 21.9 Å². The zero-order valence-electron chi connectivity index (χ0n) is 12.5. The first kappa shape index (κ1) is 15.7. The van der Waals surface area contributed by atoms with Crippen LogP contribution < -0.4 is 5.32 Å². The minimum Gasteiger partial charge on any atom is -0.349 e. The van der Waals surface area contributed by atoms with Crippen molar-refractivity contribution < 1.29 is 4.79 Å². The van der Waals surface area contributed by atoms with Crippen LogP contribution in [0.4, 0.5) is 0 Å². The molecule has 0 atom stereocenters. The molecule has 1 aliphatic rings. The molecule has 1 saturated carbocycles. The fourth-order valence-corrected chi connectivity index (χ4v) is 3.99. The van der Waals surface area contributed by atoms with E-state index < -0.39 is 0 Å². The Kier molecular flexibility index (Phi) is 5.26. The number of fused-ring (bicyclic) bond motifs is 1. The molecule has 4 nitrogen and oxygen atoms in total. The maximum absolute atomic E-state index is 12.6. The summed E-state index contributed by atoms with van der Waals surface area (Å²) < 4.78 is 0.893. The second-order valence-electron chi connectivity index (χ2n) is 5.87. The van der Waals surface area contributed by atoms with E-state index in [4.69, 9.17) is 11.6 Å². The van der Waals surface area contributed by atoms with Crippen molar-refractivity contribution in [1.29, 1.82) is 0 Å². The predicted octanol–water partition coefficient (Wildman–Crippen LogP) is 4.58. The number of carbonyl (C=O) groups is 1. The fourth-order valence-electron chi connectivity index (χ4n) is 3.01. The van der Waals surface area contributed by atoms with Gasteiger partial charge in [0, 0.05) is 17.6 Å². The molecule has 0 aliphatic heterocycles. The number of amides is 1. The third-order valence-corrected chi connectivity index (χ3v) is 5.31. The van der Waals surface area contributed by atoms with Crippen molar-refractivity contribution >= 4 is 39.1 Å². The first-order chi connectivity index (χ1) is 10.7. The number of nitrogens with zero attached hydrogens (tertiary/aromatic N) is 2. The molecule has 2 heterocycles. The molecule has 0 spiro atoms. The van der Waals surface area contributed by atoms with Crippen LogP contribution >= 0.6 is 22.9 Å². The van der Waals surface area contributed by atoms with Crippen LogP contribution in [0.1, 0.15) is 61.7 Å². The summed E-state index contributed by atoms with van der Waals surface area (Å²) in [4.78, 5) is 20.7. The van der Waals surface area contributed by atoms with Gasteiger partial charge in [-0.3, -0.25) is 4.79 Å². The molecule has 1 fully saturated rings. The lowest BCUT2D eigenvalue weighted by Crippen LogP contribution is -2.34. The minimum atomic E-state index is -0.0368. The van der Waals surface area contributed by atoms with Crippen molar-refractivity contribution in [2.24, 2.45) is 0 Å². The number of thiophene rings is 1. The van der Waals surface area contributed by atoms with Gasteiger partial charge in [-0.15, -0.1) is 11.3 Å². The molecule has 3 rings (SSSR count).